The van der Waals surface area contributed by atoms with Crippen LogP contribution in [0.2, 0.25) is 0 Å². The molecule has 10 heteroatoms. The van der Waals surface area contributed by atoms with E-state index in [2.05, 4.69) is 5.32 Å². The molecule has 4 rings (SSSR count). The number of hydrogen-bond acceptors (Lipinski definition) is 7. The largest absolute Gasteiger partial charge is 0.454 e. The van der Waals surface area contributed by atoms with E-state index in [-0.39, 0.29) is 6.54 Å². The zero-order chi connectivity index (χ0) is 21.3. The van der Waals surface area contributed by atoms with Crippen LogP contribution in [0.1, 0.15) is 32.1 Å². The van der Waals surface area contributed by atoms with Gasteiger partial charge in [-0.25, -0.2) is 4.79 Å². The van der Waals surface area contributed by atoms with Crippen molar-refractivity contribution in [2.75, 3.05) is 32.1 Å². The van der Waals surface area contributed by atoms with Crippen molar-refractivity contribution in [2.24, 2.45) is 0 Å². The van der Waals surface area contributed by atoms with E-state index in [1.165, 1.54) is 18.4 Å². The molecule has 1 aliphatic carbocycles. The number of fused-ring (bicyclic) bond motifs is 1. The summed E-state index contributed by atoms with van der Waals surface area (Å²) in [5.41, 5.74) is 0.484. The number of nitrogens with one attached hydrogen (secondary N) is 1. The Balaban J connectivity index is 1.27. The van der Waals surface area contributed by atoms with Crippen molar-refractivity contribution < 1.29 is 33.4 Å². The number of carbonyl (C=O) groups is 4. The molecule has 0 aromatic heterocycles. The summed E-state index contributed by atoms with van der Waals surface area (Å²) in [7, 11) is 1.46. The smallest absolute Gasteiger partial charge is 0.327 e. The summed E-state index contributed by atoms with van der Waals surface area (Å²) in [6.07, 6.45) is 4.93. The first kappa shape index (κ1) is 20.0. The Bertz CT molecular complexity index is 894. The average Bonchev–Trinajstić information content (AvgIpc) is 3.17. The molecule has 1 aromatic carbocycles. The summed E-state index contributed by atoms with van der Waals surface area (Å²) < 4.78 is 16.9. The normalized spacial score (nSPS) is 19.4. The van der Waals surface area contributed by atoms with E-state index in [0.717, 1.165) is 30.6 Å². The van der Waals surface area contributed by atoms with E-state index in [0.29, 0.717) is 17.2 Å². The fourth-order valence-corrected chi connectivity index (χ4v) is 3.81. The number of anilines is 1. The third-order valence-corrected chi connectivity index (χ3v) is 5.32. The Labute approximate surface area is 173 Å². The zero-order valence-electron chi connectivity index (χ0n) is 16.6. The molecule has 1 spiro atoms. The number of esters is 1. The lowest BCUT2D eigenvalue weighted by atomic mass is 9.94. The number of imide groups is 1. The van der Waals surface area contributed by atoms with Gasteiger partial charge in [0.15, 0.2) is 18.1 Å². The highest BCUT2D eigenvalue weighted by Gasteiger charge is 2.42. The lowest BCUT2D eigenvalue weighted by Crippen LogP contribution is -2.40. The number of benzene rings is 1. The molecular weight excluding hydrogens is 394 g/mol. The van der Waals surface area contributed by atoms with E-state index < -0.39 is 42.8 Å². The lowest BCUT2D eigenvalue weighted by Gasteiger charge is -2.31. The fraction of sp³-hybridized carbons (Fsp3) is 0.500. The second-order valence-corrected chi connectivity index (χ2v) is 7.66. The number of rotatable bonds is 5. The Morgan fingerprint density at radius 3 is 2.57 bits per heavy atom. The third-order valence-electron chi connectivity index (χ3n) is 5.32. The maximum absolute atomic E-state index is 12.1. The van der Waals surface area contributed by atoms with Crippen LogP contribution in [-0.2, 0) is 19.1 Å². The van der Waals surface area contributed by atoms with Gasteiger partial charge in [-0.15, -0.1) is 0 Å². The van der Waals surface area contributed by atoms with Crippen molar-refractivity contribution in [3.63, 3.8) is 0 Å². The van der Waals surface area contributed by atoms with Gasteiger partial charge < -0.3 is 24.4 Å². The highest BCUT2D eigenvalue weighted by molar-refractivity contribution is 6.04. The lowest BCUT2D eigenvalue weighted by molar-refractivity contribution is -0.149. The minimum atomic E-state index is -0.841. The van der Waals surface area contributed by atoms with Gasteiger partial charge in [0.2, 0.25) is 0 Å². The van der Waals surface area contributed by atoms with Crippen LogP contribution in [0.15, 0.2) is 18.2 Å². The van der Waals surface area contributed by atoms with Crippen LogP contribution in [0, 0.1) is 0 Å². The van der Waals surface area contributed by atoms with Crippen molar-refractivity contribution in [1.82, 2.24) is 9.80 Å². The number of amides is 4. The summed E-state index contributed by atoms with van der Waals surface area (Å²) in [4.78, 5) is 49.4. The van der Waals surface area contributed by atoms with Gasteiger partial charge in [-0.2, -0.15) is 0 Å². The molecule has 160 valence electrons. The number of carbonyl (C=O) groups excluding carboxylic acids is 4. The van der Waals surface area contributed by atoms with E-state index in [9.17, 15) is 19.2 Å². The van der Waals surface area contributed by atoms with Crippen molar-refractivity contribution in [3.8, 4) is 11.5 Å². The summed E-state index contributed by atoms with van der Waals surface area (Å²) in [6, 6.07) is 4.52. The van der Waals surface area contributed by atoms with Crippen LogP contribution >= 0.6 is 0 Å². The topological polar surface area (TPSA) is 114 Å². The van der Waals surface area contributed by atoms with Gasteiger partial charge in [-0.3, -0.25) is 19.3 Å². The minimum absolute atomic E-state index is 0.0853. The van der Waals surface area contributed by atoms with Gasteiger partial charge in [0.1, 0.15) is 13.1 Å². The van der Waals surface area contributed by atoms with Crippen LogP contribution in [-0.4, -0.2) is 66.1 Å². The van der Waals surface area contributed by atoms with Gasteiger partial charge in [0.25, 0.3) is 17.6 Å². The Hall–Kier alpha value is -3.30. The molecule has 1 aromatic rings. The van der Waals surface area contributed by atoms with Gasteiger partial charge in [-0.05, 0) is 25.0 Å². The second kappa shape index (κ2) is 7.85. The number of ether oxygens (including phenoxy) is 3. The van der Waals surface area contributed by atoms with Gasteiger partial charge in [0.05, 0.1) is 0 Å². The highest BCUT2D eigenvalue weighted by Crippen LogP contribution is 2.46. The predicted molar refractivity (Wildman–Crippen MR) is 103 cm³/mol. The van der Waals surface area contributed by atoms with Crippen LogP contribution in [0.4, 0.5) is 10.5 Å². The molecule has 2 heterocycles. The molecular formula is C20H23N3O7. The molecule has 1 N–H and O–H groups in total. The van der Waals surface area contributed by atoms with E-state index >= 15 is 0 Å². The summed E-state index contributed by atoms with van der Waals surface area (Å²) >= 11 is 0. The van der Waals surface area contributed by atoms with Crippen molar-refractivity contribution in [3.05, 3.63) is 18.2 Å². The number of urea groups is 1. The molecule has 4 amide bonds. The van der Waals surface area contributed by atoms with Crippen LogP contribution < -0.4 is 14.8 Å². The van der Waals surface area contributed by atoms with Crippen molar-refractivity contribution in [2.45, 2.75) is 37.9 Å². The fourth-order valence-electron chi connectivity index (χ4n) is 3.81. The average molecular weight is 417 g/mol. The van der Waals surface area contributed by atoms with Crippen LogP contribution in [0.5, 0.6) is 11.5 Å². The molecule has 0 unspecified atom stereocenters. The molecule has 0 atom stereocenters. The summed E-state index contributed by atoms with van der Waals surface area (Å²) in [5, 5.41) is 2.63. The first-order valence-corrected chi connectivity index (χ1v) is 9.88. The Kier molecular flexibility index (Phi) is 5.23. The van der Waals surface area contributed by atoms with Gasteiger partial charge >= 0.3 is 12.0 Å². The van der Waals surface area contributed by atoms with Gasteiger partial charge in [-0.1, -0.05) is 6.42 Å². The maximum Gasteiger partial charge on any atom is 0.327 e. The monoisotopic (exact) mass is 417 g/mol. The van der Waals surface area contributed by atoms with Crippen LogP contribution in [0.25, 0.3) is 0 Å². The highest BCUT2D eigenvalue weighted by atomic mass is 16.7. The first-order chi connectivity index (χ1) is 14.3. The molecule has 2 aliphatic heterocycles. The molecule has 1 saturated carbocycles. The summed E-state index contributed by atoms with van der Waals surface area (Å²) in [6.45, 7) is -1.15. The molecule has 2 fully saturated rings. The minimum Gasteiger partial charge on any atom is -0.454 e. The quantitative estimate of drug-likeness (QED) is 0.570. The Morgan fingerprint density at radius 1 is 1.13 bits per heavy atom. The number of nitrogens with zero attached hydrogens (tertiary/aromatic N) is 2. The number of likely N-dealkylation sites (N-methyl/N-ethyl adjacent to an activating group) is 1. The second-order valence-electron chi connectivity index (χ2n) is 7.66. The van der Waals surface area contributed by atoms with E-state index in [1.54, 1.807) is 18.2 Å². The third kappa shape index (κ3) is 4.03. The van der Waals surface area contributed by atoms with E-state index in [1.807, 2.05) is 0 Å². The van der Waals surface area contributed by atoms with E-state index in [4.69, 9.17) is 14.2 Å². The van der Waals surface area contributed by atoms with Crippen LogP contribution in [0.3, 0.4) is 0 Å². The molecule has 30 heavy (non-hydrogen) atoms. The predicted octanol–water partition coefficient (Wildman–Crippen LogP) is 1.49. The molecule has 1 saturated heterocycles. The molecule has 3 aliphatic rings. The van der Waals surface area contributed by atoms with Gasteiger partial charge in [0, 0.05) is 31.6 Å². The molecule has 10 nitrogen and oxygen atoms in total. The Morgan fingerprint density at radius 2 is 1.87 bits per heavy atom. The number of hydrogen-bond donors (Lipinski definition) is 1. The first-order valence-electron chi connectivity index (χ1n) is 9.88. The SMILES string of the molecule is CN1CC(=O)N(CC(=O)OCC(=O)Nc2ccc3c(c2)OC2(CCCCC2)O3)C1=O. The zero-order valence-corrected chi connectivity index (χ0v) is 16.6. The van der Waals surface area contributed by atoms with Crippen molar-refractivity contribution in [1.29, 1.82) is 0 Å². The maximum atomic E-state index is 12.1. The summed E-state index contributed by atoms with van der Waals surface area (Å²) in [5.74, 6) is -1.26. The molecule has 0 bridgehead atoms. The standard InChI is InChI=1S/C20H23N3O7/c1-22-10-17(25)23(19(22)27)11-18(26)28-12-16(24)21-13-5-6-14-15(9-13)30-20(29-14)7-3-2-4-8-20/h5-6,9H,2-4,7-8,10-12H2,1H3,(H,21,24). The van der Waals surface area contributed by atoms with Crippen molar-refractivity contribution >= 4 is 29.5 Å². The molecule has 0 radical (unpaired) electrons.